The van der Waals surface area contributed by atoms with E-state index < -0.39 is 57.6 Å². The van der Waals surface area contributed by atoms with Gasteiger partial charge >= 0.3 is 19.8 Å². The normalized spacial score (nSPS) is 13.9. The molecule has 0 heterocycles. The molecule has 0 aliphatic carbocycles. The minimum Gasteiger partial charge on any atom is -0.480 e. The molecule has 11 nitrogen and oxygen atoms in total. The van der Waals surface area contributed by atoms with E-state index in [1.54, 1.807) is 0 Å². The van der Waals surface area contributed by atoms with Crippen LogP contribution in [-0.2, 0) is 32.7 Å². The fraction of sp³-hybridized carbons (Fsp3) is 0.841. The van der Waals surface area contributed by atoms with Gasteiger partial charge in [-0.15, -0.1) is 0 Å². The van der Waals surface area contributed by atoms with E-state index in [0.29, 0.717) is 12.8 Å². The number of amides is 1. The largest absolute Gasteiger partial charge is 0.480 e. The number of phosphoric ester groups is 1. The van der Waals surface area contributed by atoms with E-state index in [-0.39, 0.29) is 12.8 Å². The molecule has 0 bridgehead atoms. The summed E-state index contributed by atoms with van der Waals surface area (Å²) in [5.74, 6) is -2.37. The lowest BCUT2D eigenvalue weighted by molar-refractivity contribution is -0.147. The SMILES string of the molecule is CCCCC/C=C\C/C=C\CCCCCCCCCCCCCCCC(=O)NC(COP(=O)(O)OCC(O)COC(=O)CCCCCCCCCCC)C(=O)O. The fourth-order valence-electron chi connectivity index (χ4n) is 6.23. The summed E-state index contributed by atoms with van der Waals surface area (Å²) in [5, 5.41) is 21.8. The summed E-state index contributed by atoms with van der Waals surface area (Å²) in [6.07, 6.45) is 40.7. The van der Waals surface area contributed by atoms with Crippen LogP contribution in [0.1, 0.15) is 206 Å². The van der Waals surface area contributed by atoms with Gasteiger partial charge in [-0.25, -0.2) is 9.36 Å². The Labute approximate surface area is 340 Å². The van der Waals surface area contributed by atoms with Gasteiger partial charge in [0.25, 0.3) is 0 Å². The molecule has 0 radical (unpaired) electrons. The van der Waals surface area contributed by atoms with Gasteiger partial charge in [-0.3, -0.25) is 18.6 Å². The van der Waals surface area contributed by atoms with Crippen molar-refractivity contribution in [1.29, 1.82) is 0 Å². The lowest BCUT2D eigenvalue weighted by atomic mass is 10.0. The number of phosphoric acid groups is 1. The van der Waals surface area contributed by atoms with Gasteiger partial charge in [0.1, 0.15) is 12.7 Å². The highest BCUT2D eigenvalue weighted by molar-refractivity contribution is 7.47. The molecule has 0 rings (SSSR count). The topological polar surface area (TPSA) is 169 Å². The Morgan fingerprint density at radius 2 is 0.982 bits per heavy atom. The molecule has 0 aromatic carbocycles. The second kappa shape index (κ2) is 39.8. The van der Waals surface area contributed by atoms with E-state index in [1.807, 2.05) is 0 Å². The summed E-state index contributed by atoms with van der Waals surface area (Å²) in [7, 11) is -4.75. The predicted octanol–water partition coefficient (Wildman–Crippen LogP) is 11.4. The van der Waals surface area contributed by atoms with Crippen molar-refractivity contribution in [3.63, 3.8) is 0 Å². The highest BCUT2D eigenvalue weighted by Gasteiger charge is 2.28. The number of nitrogens with one attached hydrogen (secondary N) is 1. The lowest BCUT2D eigenvalue weighted by Crippen LogP contribution is -2.43. The molecule has 0 saturated carbocycles. The molecule has 56 heavy (non-hydrogen) atoms. The number of hydrogen-bond donors (Lipinski definition) is 4. The number of aliphatic hydroxyl groups excluding tert-OH is 1. The van der Waals surface area contributed by atoms with Crippen LogP contribution in [0.3, 0.4) is 0 Å². The number of aliphatic carboxylic acids is 1. The molecule has 0 aromatic rings. The smallest absolute Gasteiger partial charge is 0.472 e. The second-order valence-electron chi connectivity index (χ2n) is 15.2. The molecule has 0 saturated heterocycles. The molecule has 0 aliphatic rings. The zero-order valence-corrected chi connectivity index (χ0v) is 36.3. The van der Waals surface area contributed by atoms with Crippen molar-refractivity contribution < 1.29 is 47.8 Å². The quantitative estimate of drug-likeness (QED) is 0.0201. The average Bonchev–Trinajstić information content (AvgIpc) is 3.17. The maximum absolute atomic E-state index is 12.3. The van der Waals surface area contributed by atoms with Crippen LogP contribution >= 0.6 is 7.82 Å². The summed E-state index contributed by atoms with van der Waals surface area (Å²) in [6, 6.07) is -1.54. The first-order valence-electron chi connectivity index (χ1n) is 22.4. The zero-order chi connectivity index (χ0) is 41.4. The van der Waals surface area contributed by atoms with Gasteiger partial charge in [0.05, 0.1) is 13.2 Å². The molecular formula is C44H82NO10P. The molecule has 1 amide bonds. The third-order valence-corrected chi connectivity index (χ3v) is 10.7. The van der Waals surface area contributed by atoms with Gasteiger partial charge in [0, 0.05) is 12.8 Å². The maximum atomic E-state index is 12.3. The minimum atomic E-state index is -4.75. The van der Waals surface area contributed by atoms with Crippen LogP contribution in [0.2, 0.25) is 0 Å². The van der Waals surface area contributed by atoms with E-state index in [9.17, 15) is 34.1 Å². The van der Waals surface area contributed by atoms with Crippen molar-refractivity contribution in [2.75, 3.05) is 19.8 Å². The highest BCUT2D eigenvalue weighted by atomic mass is 31.2. The molecule has 3 atom stereocenters. The number of carbonyl (C=O) groups is 3. The van der Waals surface area contributed by atoms with Crippen LogP contribution in [0.25, 0.3) is 0 Å². The summed E-state index contributed by atoms with van der Waals surface area (Å²) < 4.78 is 26.8. The standard InChI is InChI=1S/C44H82NO10P/c1-3-5-7-9-11-13-14-15-16-17-18-19-20-21-22-23-24-25-26-28-29-31-33-35-42(47)45-41(44(49)50)39-55-56(51,52)54-38-40(46)37-53-43(48)36-34-32-30-27-12-10-8-6-4-2/h11,13,15-16,40-41,46H,3-10,12,14,17-39H2,1-2H3,(H,45,47)(H,49,50)(H,51,52)/b13-11-,16-15-. The van der Waals surface area contributed by atoms with Gasteiger partial charge in [-0.05, 0) is 44.9 Å². The zero-order valence-electron chi connectivity index (χ0n) is 35.4. The number of aliphatic hydroxyl groups is 1. The Kier molecular flexibility index (Phi) is 38.3. The molecule has 12 heteroatoms. The Morgan fingerprint density at radius 1 is 0.571 bits per heavy atom. The Hall–Kier alpha value is -2.04. The number of allylic oxidation sites excluding steroid dienone is 4. The fourth-order valence-corrected chi connectivity index (χ4v) is 7.00. The van der Waals surface area contributed by atoms with Crippen molar-refractivity contribution >= 4 is 25.7 Å². The van der Waals surface area contributed by atoms with Gasteiger partial charge in [0.2, 0.25) is 5.91 Å². The highest BCUT2D eigenvalue weighted by Crippen LogP contribution is 2.43. The van der Waals surface area contributed by atoms with Crippen LogP contribution in [0.4, 0.5) is 0 Å². The molecule has 0 fully saturated rings. The number of rotatable bonds is 42. The van der Waals surface area contributed by atoms with Gasteiger partial charge in [-0.1, -0.05) is 173 Å². The molecular weight excluding hydrogens is 733 g/mol. The number of carbonyl (C=O) groups excluding carboxylic acids is 2. The number of hydrogen-bond acceptors (Lipinski definition) is 8. The number of esters is 1. The van der Waals surface area contributed by atoms with Crippen molar-refractivity contribution in [3.8, 4) is 0 Å². The number of carboxylic acid groups (broad SMARTS) is 1. The van der Waals surface area contributed by atoms with E-state index in [4.69, 9.17) is 13.8 Å². The molecule has 3 unspecified atom stereocenters. The van der Waals surface area contributed by atoms with Crippen molar-refractivity contribution in [3.05, 3.63) is 24.3 Å². The Bertz CT molecular complexity index is 1050. The summed E-state index contributed by atoms with van der Waals surface area (Å²) in [6.45, 7) is 2.55. The lowest BCUT2D eigenvalue weighted by Gasteiger charge is -2.18. The maximum Gasteiger partial charge on any atom is 0.472 e. The average molecular weight is 816 g/mol. The first-order chi connectivity index (χ1) is 27.1. The third-order valence-electron chi connectivity index (χ3n) is 9.74. The third kappa shape index (κ3) is 38.8. The summed E-state index contributed by atoms with van der Waals surface area (Å²) in [5.41, 5.74) is 0. The van der Waals surface area contributed by atoms with E-state index >= 15 is 0 Å². The summed E-state index contributed by atoms with van der Waals surface area (Å²) >= 11 is 0. The minimum absolute atomic E-state index is 0.147. The van der Waals surface area contributed by atoms with Crippen LogP contribution in [-0.4, -0.2) is 64.9 Å². The van der Waals surface area contributed by atoms with E-state index in [2.05, 4.69) is 43.5 Å². The predicted molar refractivity (Wildman–Crippen MR) is 226 cm³/mol. The van der Waals surface area contributed by atoms with Crippen molar-refractivity contribution in [1.82, 2.24) is 5.32 Å². The first kappa shape index (κ1) is 54.0. The van der Waals surface area contributed by atoms with Crippen molar-refractivity contribution in [2.24, 2.45) is 0 Å². The van der Waals surface area contributed by atoms with Crippen LogP contribution in [0.15, 0.2) is 24.3 Å². The number of unbranched alkanes of at least 4 members (excludes halogenated alkanes) is 24. The van der Waals surface area contributed by atoms with E-state index in [1.165, 1.54) is 122 Å². The van der Waals surface area contributed by atoms with Crippen molar-refractivity contribution in [2.45, 2.75) is 219 Å². The van der Waals surface area contributed by atoms with Gasteiger partial charge in [-0.2, -0.15) is 0 Å². The van der Waals surface area contributed by atoms with Crippen LogP contribution in [0, 0.1) is 0 Å². The molecule has 0 spiro atoms. The number of ether oxygens (including phenoxy) is 1. The van der Waals surface area contributed by atoms with Gasteiger partial charge in [0.15, 0.2) is 6.04 Å². The van der Waals surface area contributed by atoms with Crippen LogP contribution < -0.4 is 5.32 Å². The summed E-state index contributed by atoms with van der Waals surface area (Å²) in [4.78, 5) is 45.8. The second-order valence-corrected chi connectivity index (χ2v) is 16.7. The molecule has 4 N–H and O–H groups in total. The van der Waals surface area contributed by atoms with Gasteiger partial charge < -0.3 is 25.2 Å². The first-order valence-corrected chi connectivity index (χ1v) is 23.9. The van der Waals surface area contributed by atoms with E-state index in [0.717, 1.165) is 44.9 Å². The molecule has 0 aromatic heterocycles. The number of carboxylic acids is 1. The monoisotopic (exact) mass is 816 g/mol. The van der Waals surface area contributed by atoms with Crippen LogP contribution in [0.5, 0.6) is 0 Å². The molecule has 0 aliphatic heterocycles. The Balaban J connectivity index is 3.83. The molecule has 328 valence electrons. The Morgan fingerprint density at radius 3 is 1.48 bits per heavy atom.